The summed E-state index contributed by atoms with van der Waals surface area (Å²) in [5.41, 5.74) is 7.54. The molecule has 1 amide bonds. The number of allylic oxidation sites excluding steroid dienone is 3. The third-order valence-corrected chi connectivity index (χ3v) is 5.84. The number of methoxy groups -OCH3 is 1. The van der Waals surface area contributed by atoms with Gasteiger partial charge in [-0.15, -0.1) is 11.3 Å². The summed E-state index contributed by atoms with van der Waals surface area (Å²) in [6.07, 6.45) is 8.86. The van der Waals surface area contributed by atoms with Crippen LogP contribution >= 0.6 is 11.3 Å². The van der Waals surface area contributed by atoms with Gasteiger partial charge in [0.25, 0.3) is 5.91 Å². The van der Waals surface area contributed by atoms with Crippen molar-refractivity contribution in [1.82, 2.24) is 10.3 Å². The van der Waals surface area contributed by atoms with Crippen LogP contribution in [-0.4, -0.2) is 37.2 Å². The third kappa shape index (κ3) is 4.57. The van der Waals surface area contributed by atoms with E-state index in [-0.39, 0.29) is 5.91 Å². The van der Waals surface area contributed by atoms with E-state index >= 15 is 0 Å². The lowest BCUT2D eigenvalue weighted by Crippen LogP contribution is -2.23. The number of anilines is 1. The van der Waals surface area contributed by atoms with Crippen LogP contribution in [0.25, 0.3) is 10.2 Å². The molecule has 2 aromatic heterocycles. The van der Waals surface area contributed by atoms with Crippen molar-refractivity contribution in [2.75, 3.05) is 26.1 Å². The van der Waals surface area contributed by atoms with E-state index in [1.807, 2.05) is 6.08 Å². The number of aromatic nitrogens is 1. The van der Waals surface area contributed by atoms with Gasteiger partial charge in [0.05, 0.1) is 18.4 Å². The zero-order valence-electron chi connectivity index (χ0n) is 17.3. The highest BCUT2D eigenvalue weighted by Gasteiger charge is 2.18. The van der Waals surface area contributed by atoms with E-state index in [0.717, 1.165) is 0 Å². The smallest absolute Gasteiger partial charge is 0.337 e. The molecule has 0 saturated heterocycles. The maximum atomic E-state index is 13.0. The Labute approximate surface area is 188 Å². The first-order chi connectivity index (χ1) is 15.6. The molecule has 2 aliphatic rings. The molecule has 164 valence electrons. The van der Waals surface area contributed by atoms with Crippen molar-refractivity contribution < 1.29 is 23.8 Å². The molecule has 0 aromatic carbocycles. The molecule has 8 nitrogen and oxygen atoms in total. The zero-order valence-corrected chi connectivity index (χ0v) is 18.1. The summed E-state index contributed by atoms with van der Waals surface area (Å²) in [6, 6.07) is 7.07. The maximum absolute atomic E-state index is 13.0. The number of rotatable bonds is 3. The van der Waals surface area contributed by atoms with Gasteiger partial charge < -0.3 is 25.3 Å². The molecule has 2 aromatic rings. The number of hydrogen-bond acceptors (Lipinski definition) is 8. The van der Waals surface area contributed by atoms with E-state index in [0.29, 0.717) is 63.2 Å². The number of nitrogens with two attached hydrogens (primary N) is 1. The summed E-state index contributed by atoms with van der Waals surface area (Å²) in [6.45, 7) is 0.947. The number of carbonyl (C=O) groups is 2. The first-order valence-corrected chi connectivity index (χ1v) is 10.7. The fourth-order valence-corrected chi connectivity index (χ4v) is 4.13. The van der Waals surface area contributed by atoms with Crippen LogP contribution in [0.1, 0.15) is 16.1 Å². The molecule has 32 heavy (non-hydrogen) atoms. The summed E-state index contributed by atoms with van der Waals surface area (Å²) in [4.78, 5) is 30.3. The average molecular weight is 452 g/mol. The fourth-order valence-electron chi connectivity index (χ4n) is 3.18. The zero-order chi connectivity index (χ0) is 22.5. The van der Waals surface area contributed by atoms with Gasteiger partial charge in [0.2, 0.25) is 0 Å². The number of nitrogens with one attached hydrogen (secondary N) is 1. The normalized spacial score (nSPS) is 14.5. The van der Waals surface area contributed by atoms with Crippen LogP contribution < -0.4 is 20.5 Å². The molecule has 3 N–H and O–H groups in total. The summed E-state index contributed by atoms with van der Waals surface area (Å²) in [5.74, 6) is 0.349. The van der Waals surface area contributed by atoms with Gasteiger partial charge in [-0.05, 0) is 24.3 Å². The Bertz CT molecular complexity index is 1230. The van der Waals surface area contributed by atoms with E-state index in [1.165, 1.54) is 18.4 Å². The number of amides is 1. The van der Waals surface area contributed by atoms with Gasteiger partial charge in [-0.3, -0.25) is 4.79 Å². The van der Waals surface area contributed by atoms with E-state index in [1.54, 1.807) is 48.7 Å². The minimum absolute atomic E-state index is 0.327. The number of carbonyl (C=O) groups excluding carboxylic acids is 2. The van der Waals surface area contributed by atoms with E-state index in [2.05, 4.69) is 10.3 Å². The molecule has 1 aliphatic carbocycles. The van der Waals surface area contributed by atoms with E-state index in [9.17, 15) is 9.59 Å². The van der Waals surface area contributed by atoms with Crippen LogP contribution in [0.4, 0.5) is 5.69 Å². The molecule has 3 heterocycles. The van der Waals surface area contributed by atoms with Crippen molar-refractivity contribution in [3.63, 3.8) is 0 Å². The Morgan fingerprint density at radius 1 is 1.19 bits per heavy atom. The Kier molecular flexibility index (Phi) is 6.37. The molecule has 0 fully saturated rings. The highest BCUT2D eigenvalue weighted by molar-refractivity contribution is 7.21. The Hall–Kier alpha value is -3.85. The first-order valence-electron chi connectivity index (χ1n) is 9.85. The minimum Gasteiger partial charge on any atom is -0.486 e. The van der Waals surface area contributed by atoms with Crippen LogP contribution in [0.15, 0.2) is 66.0 Å². The lowest BCUT2D eigenvalue weighted by molar-refractivity contribution is -0.135. The molecule has 0 radical (unpaired) electrons. The topological polar surface area (TPSA) is 113 Å². The lowest BCUT2D eigenvalue weighted by atomic mass is 10.2. The highest BCUT2D eigenvalue weighted by Crippen LogP contribution is 2.33. The number of ether oxygens (including phenoxy) is 3. The molecule has 0 bridgehead atoms. The maximum Gasteiger partial charge on any atom is 0.337 e. The number of nitrogens with zero attached hydrogens (tertiary/aromatic N) is 1. The van der Waals surface area contributed by atoms with Crippen molar-refractivity contribution in [2.45, 2.75) is 6.42 Å². The van der Waals surface area contributed by atoms with Gasteiger partial charge in [-0.1, -0.05) is 18.2 Å². The predicted molar refractivity (Wildman–Crippen MR) is 122 cm³/mol. The molecular weight excluding hydrogens is 430 g/mol. The molecule has 9 heteroatoms. The second-order valence-corrected chi connectivity index (χ2v) is 7.83. The first kappa shape index (κ1) is 21.4. The number of nitrogen functional groups attached to an aromatic ring is 1. The van der Waals surface area contributed by atoms with Crippen molar-refractivity contribution in [3.8, 4) is 11.5 Å². The minimum atomic E-state index is -0.481. The predicted octanol–water partition coefficient (Wildman–Crippen LogP) is 3.45. The Balaban J connectivity index is 1.67. The van der Waals surface area contributed by atoms with Gasteiger partial charge >= 0.3 is 5.97 Å². The van der Waals surface area contributed by atoms with Crippen LogP contribution in [-0.2, 0) is 9.53 Å². The number of esters is 1. The van der Waals surface area contributed by atoms with Crippen molar-refractivity contribution in [3.05, 3.63) is 70.9 Å². The standard InChI is InChI=1S/C23H21N3O5S/c1-29-23(28)14-5-2-3-6-15(13-14)26-21(27)20-19(24)16-7-4-8-17-18(31-12-11-30-17)9-10-25-22(16)32-20/h2-5,7-10,13H,6,11-12,24H2,1H3,(H,26,27). The van der Waals surface area contributed by atoms with Crippen LogP contribution in [0, 0.1) is 0 Å². The summed E-state index contributed by atoms with van der Waals surface area (Å²) in [7, 11) is 1.31. The van der Waals surface area contributed by atoms with Gasteiger partial charge in [0.1, 0.15) is 22.9 Å². The monoisotopic (exact) mass is 451 g/mol. The molecule has 1 aliphatic heterocycles. The van der Waals surface area contributed by atoms with Crippen LogP contribution in [0.5, 0.6) is 11.5 Å². The Morgan fingerprint density at radius 2 is 1.97 bits per heavy atom. The molecular formula is C23H21N3O5S. The van der Waals surface area contributed by atoms with E-state index < -0.39 is 5.97 Å². The molecule has 0 saturated carbocycles. The molecule has 0 unspecified atom stereocenters. The number of thiophene rings is 1. The molecule has 0 atom stereocenters. The van der Waals surface area contributed by atoms with E-state index in [4.69, 9.17) is 19.9 Å². The quantitative estimate of drug-likeness (QED) is 0.687. The van der Waals surface area contributed by atoms with Gasteiger partial charge in [0, 0.05) is 29.8 Å². The van der Waals surface area contributed by atoms with Gasteiger partial charge in [0.15, 0.2) is 11.5 Å². The molecule has 4 rings (SSSR count). The van der Waals surface area contributed by atoms with Crippen molar-refractivity contribution in [2.24, 2.45) is 0 Å². The van der Waals surface area contributed by atoms with Gasteiger partial charge in [-0.2, -0.15) is 0 Å². The van der Waals surface area contributed by atoms with Crippen molar-refractivity contribution >= 4 is 39.1 Å². The average Bonchev–Trinajstić information content (AvgIpc) is 2.96. The third-order valence-electron chi connectivity index (χ3n) is 4.71. The number of hydrogen-bond donors (Lipinski definition) is 2. The summed E-state index contributed by atoms with van der Waals surface area (Å²) < 4.78 is 16.0. The lowest BCUT2D eigenvalue weighted by Gasteiger charge is -2.16. The second-order valence-electron chi connectivity index (χ2n) is 6.83. The Morgan fingerprint density at radius 3 is 2.75 bits per heavy atom. The second kappa shape index (κ2) is 9.52. The van der Waals surface area contributed by atoms with Crippen LogP contribution in [0.3, 0.4) is 0 Å². The highest BCUT2D eigenvalue weighted by atomic mass is 32.1. The molecule has 0 spiro atoms. The largest absolute Gasteiger partial charge is 0.486 e. The summed E-state index contributed by atoms with van der Waals surface area (Å²) in [5, 5.41) is 3.49. The SMILES string of the molecule is COC(=O)C1=CC=CCC(NC(=O)c2sc3nccc4c(cccc3c2N)OCCO4)=C1. The van der Waals surface area contributed by atoms with Crippen molar-refractivity contribution in [1.29, 1.82) is 0 Å². The van der Waals surface area contributed by atoms with Gasteiger partial charge in [-0.25, -0.2) is 9.78 Å². The summed E-state index contributed by atoms with van der Waals surface area (Å²) >= 11 is 1.18. The van der Waals surface area contributed by atoms with Crippen LogP contribution in [0.2, 0.25) is 0 Å². The fraction of sp³-hybridized carbons (Fsp3) is 0.174. The number of fused-ring (bicyclic) bond motifs is 2.